The number of hydrogen-bond donors (Lipinski definition) is 2. The fraction of sp³-hybridized carbons (Fsp3) is 0.300. The Labute approximate surface area is 102 Å². The second kappa shape index (κ2) is 4.54. The van der Waals surface area contributed by atoms with Crippen molar-refractivity contribution in [1.82, 2.24) is 20.1 Å². The summed E-state index contributed by atoms with van der Waals surface area (Å²) in [4.78, 5) is 16.1. The van der Waals surface area contributed by atoms with E-state index in [0.29, 0.717) is 17.9 Å². The number of aromatic nitrogens is 3. The molecule has 2 aromatic rings. The first-order valence-corrected chi connectivity index (χ1v) is 5.92. The number of amides is 1. The normalized spacial score (nSPS) is 10.5. The maximum absolute atomic E-state index is 11.9. The number of thiazole rings is 1. The number of aryl methyl sites for hydroxylation is 2. The molecule has 0 atom stereocenters. The Balaban J connectivity index is 2.03. The number of nitrogens with one attached hydrogen (secondary N) is 1. The predicted molar refractivity (Wildman–Crippen MR) is 65.6 cm³/mol. The zero-order chi connectivity index (χ0) is 12.4. The van der Waals surface area contributed by atoms with Gasteiger partial charge in [0.15, 0.2) is 0 Å². The molecule has 0 saturated heterocycles. The molecule has 0 aromatic carbocycles. The van der Waals surface area contributed by atoms with Gasteiger partial charge < -0.3 is 11.1 Å². The molecule has 0 radical (unpaired) electrons. The monoisotopic (exact) mass is 251 g/mol. The maximum Gasteiger partial charge on any atom is 0.272 e. The van der Waals surface area contributed by atoms with Crippen LogP contribution < -0.4 is 11.1 Å². The Morgan fingerprint density at radius 2 is 2.41 bits per heavy atom. The molecule has 0 aliphatic rings. The van der Waals surface area contributed by atoms with E-state index < -0.39 is 0 Å². The minimum absolute atomic E-state index is 0.242. The summed E-state index contributed by atoms with van der Waals surface area (Å²) in [7, 11) is 1.68. The third-order valence-corrected chi connectivity index (χ3v) is 3.10. The van der Waals surface area contributed by atoms with Crippen LogP contribution in [0.2, 0.25) is 0 Å². The van der Waals surface area contributed by atoms with Crippen molar-refractivity contribution < 1.29 is 4.79 Å². The second-order valence-corrected chi connectivity index (χ2v) is 4.67. The quantitative estimate of drug-likeness (QED) is 0.840. The van der Waals surface area contributed by atoms with Crippen molar-refractivity contribution in [2.24, 2.45) is 7.05 Å². The van der Waals surface area contributed by atoms with E-state index in [0.717, 1.165) is 10.7 Å². The summed E-state index contributed by atoms with van der Waals surface area (Å²) in [5.74, 6) is -0.242. The summed E-state index contributed by atoms with van der Waals surface area (Å²) >= 11 is 1.56. The summed E-state index contributed by atoms with van der Waals surface area (Å²) in [6.45, 7) is 2.32. The highest BCUT2D eigenvalue weighted by molar-refractivity contribution is 7.09. The second-order valence-electron chi connectivity index (χ2n) is 3.61. The summed E-state index contributed by atoms with van der Waals surface area (Å²) in [6, 6.07) is 0. The van der Waals surface area contributed by atoms with E-state index in [9.17, 15) is 4.79 Å². The Hall–Kier alpha value is -1.89. The fourth-order valence-corrected chi connectivity index (χ4v) is 2.09. The Morgan fingerprint density at radius 3 is 2.94 bits per heavy atom. The molecule has 2 heterocycles. The molecule has 0 bridgehead atoms. The molecule has 3 N–H and O–H groups in total. The van der Waals surface area contributed by atoms with Crippen LogP contribution in [-0.4, -0.2) is 20.7 Å². The van der Waals surface area contributed by atoms with Crippen molar-refractivity contribution in [3.8, 4) is 0 Å². The molecule has 2 aromatic heterocycles. The molecule has 0 spiro atoms. The summed E-state index contributed by atoms with van der Waals surface area (Å²) < 4.78 is 1.46. The Bertz CT molecular complexity index is 525. The topological polar surface area (TPSA) is 85.8 Å². The number of nitrogens with zero attached hydrogens (tertiary/aromatic N) is 3. The number of carbonyl (C=O) groups is 1. The van der Waals surface area contributed by atoms with Gasteiger partial charge in [-0.15, -0.1) is 11.3 Å². The highest BCUT2D eigenvalue weighted by Crippen LogP contribution is 2.10. The smallest absolute Gasteiger partial charge is 0.272 e. The number of nitrogens with two attached hydrogens (primary N) is 1. The lowest BCUT2D eigenvalue weighted by atomic mass is 10.3. The van der Waals surface area contributed by atoms with Crippen molar-refractivity contribution in [1.29, 1.82) is 0 Å². The van der Waals surface area contributed by atoms with E-state index in [1.165, 1.54) is 10.9 Å². The van der Waals surface area contributed by atoms with Gasteiger partial charge in [-0.1, -0.05) is 0 Å². The summed E-state index contributed by atoms with van der Waals surface area (Å²) in [5.41, 5.74) is 7.25. The van der Waals surface area contributed by atoms with Crippen molar-refractivity contribution in [2.45, 2.75) is 13.5 Å². The van der Waals surface area contributed by atoms with Gasteiger partial charge in [-0.3, -0.25) is 9.48 Å². The predicted octanol–water partition coefficient (Wildman–Crippen LogP) is 0.697. The highest BCUT2D eigenvalue weighted by atomic mass is 32.1. The average Bonchev–Trinajstić information content (AvgIpc) is 2.83. The van der Waals surface area contributed by atoms with E-state index >= 15 is 0 Å². The van der Waals surface area contributed by atoms with Gasteiger partial charge in [-0.25, -0.2) is 4.98 Å². The van der Waals surface area contributed by atoms with Gasteiger partial charge in [-0.05, 0) is 6.92 Å². The van der Waals surface area contributed by atoms with E-state index in [-0.39, 0.29) is 5.91 Å². The van der Waals surface area contributed by atoms with E-state index in [1.807, 2.05) is 12.3 Å². The molecule has 90 valence electrons. The standard InChI is InChI=1S/C10H13N5OS/c1-6-14-7(5-17-6)3-12-10(16)9-8(11)4-13-15(9)2/h4-5H,3,11H2,1-2H3,(H,12,16). The van der Waals surface area contributed by atoms with Crippen LogP contribution in [-0.2, 0) is 13.6 Å². The average molecular weight is 251 g/mol. The zero-order valence-corrected chi connectivity index (χ0v) is 10.4. The molecule has 6 nitrogen and oxygen atoms in total. The maximum atomic E-state index is 11.9. The molecular formula is C10H13N5OS. The Morgan fingerprint density at radius 1 is 1.65 bits per heavy atom. The molecular weight excluding hydrogens is 238 g/mol. The van der Waals surface area contributed by atoms with Gasteiger partial charge in [0.05, 0.1) is 29.1 Å². The van der Waals surface area contributed by atoms with Crippen molar-refractivity contribution >= 4 is 22.9 Å². The first-order chi connectivity index (χ1) is 8.08. The number of anilines is 1. The third-order valence-electron chi connectivity index (χ3n) is 2.28. The van der Waals surface area contributed by atoms with Crippen LogP contribution >= 0.6 is 11.3 Å². The van der Waals surface area contributed by atoms with Crippen LogP contribution in [0.4, 0.5) is 5.69 Å². The van der Waals surface area contributed by atoms with Crippen molar-refractivity contribution in [3.05, 3.63) is 28.0 Å². The van der Waals surface area contributed by atoms with Crippen LogP contribution in [0.1, 0.15) is 21.2 Å². The van der Waals surface area contributed by atoms with Crippen LogP contribution in [0.25, 0.3) is 0 Å². The van der Waals surface area contributed by atoms with Gasteiger partial charge in [0.2, 0.25) is 0 Å². The molecule has 0 aliphatic carbocycles. The lowest BCUT2D eigenvalue weighted by Crippen LogP contribution is -2.26. The Kier molecular flexibility index (Phi) is 3.10. The molecule has 0 aliphatic heterocycles. The van der Waals surface area contributed by atoms with E-state index in [2.05, 4.69) is 15.4 Å². The minimum Gasteiger partial charge on any atom is -0.396 e. The van der Waals surface area contributed by atoms with Crippen LogP contribution in [0, 0.1) is 6.92 Å². The zero-order valence-electron chi connectivity index (χ0n) is 9.60. The molecule has 0 unspecified atom stereocenters. The van der Waals surface area contributed by atoms with Crippen LogP contribution in [0.3, 0.4) is 0 Å². The SMILES string of the molecule is Cc1nc(CNC(=O)c2c(N)cnn2C)cs1. The van der Waals surface area contributed by atoms with Crippen molar-refractivity contribution in [2.75, 3.05) is 5.73 Å². The van der Waals surface area contributed by atoms with E-state index in [4.69, 9.17) is 5.73 Å². The molecule has 7 heteroatoms. The molecule has 0 saturated carbocycles. The van der Waals surface area contributed by atoms with Gasteiger partial charge in [0.1, 0.15) is 5.69 Å². The minimum atomic E-state index is -0.242. The third kappa shape index (κ3) is 2.44. The number of hydrogen-bond acceptors (Lipinski definition) is 5. The lowest BCUT2D eigenvalue weighted by Gasteiger charge is -2.04. The van der Waals surface area contributed by atoms with Gasteiger partial charge >= 0.3 is 0 Å². The lowest BCUT2D eigenvalue weighted by molar-refractivity contribution is 0.0942. The highest BCUT2D eigenvalue weighted by Gasteiger charge is 2.14. The van der Waals surface area contributed by atoms with Crippen molar-refractivity contribution in [3.63, 3.8) is 0 Å². The molecule has 17 heavy (non-hydrogen) atoms. The number of carbonyl (C=O) groups excluding carboxylic acids is 1. The number of nitrogen functional groups attached to an aromatic ring is 1. The largest absolute Gasteiger partial charge is 0.396 e. The fourth-order valence-electron chi connectivity index (χ4n) is 1.48. The summed E-state index contributed by atoms with van der Waals surface area (Å²) in [6.07, 6.45) is 1.46. The first kappa shape index (κ1) is 11.6. The molecule has 1 amide bonds. The molecule has 2 rings (SSSR count). The first-order valence-electron chi connectivity index (χ1n) is 5.04. The van der Waals surface area contributed by atoms with Crippen LogP contribution in [0.5, 0.6) is 0 Å². The van der Waals surface area contributed by atoms with Gasteiger partial charge in [0.25, 0.3) is 5.91 Å². The molecule has 0 fully saturated rings. The number of rotatable bonds is 3. The van der Waals surface area contributed by atoms with Crippen LogP contribution in [0.15, 0.2) is 11.6 Å². The van der Waals surface area contributed by atoms with E-state index in [1.54, 1.807) is 18.4 Å². The summed E-state index contributed by atoms with van der Waals surface area (Å²) in [5, 5.41) is 9.57. The van der Waals surface area contributed by atoms with Gasteiger partial charge in [-0.2, -0.15) is 5.10 Å². The van der Waals surface area contributed by atoms with Gasteiger partial charge in [0, 0.05) is 12.4 Å².